The van der Waals surface area contributed by atoms with Crippen molar-refractivity contribution in [3.63, 3.8) is 0 Å². The summed E-state index contributed by atoms with van der Waals surface area (Å²) in [6, 6.07) is 0. The lowest BCUT2D eigenvalue weighted by Gasteiger charge is -2.31. The largest absolute Gasteiger partial charge is 0.307 e. The Labute approximate surface area is 132 Å². The molecule has 0 amide bonds. The highest BCUT2D eigenvalue weighted by molar-refractivity contribution is 6.17. The third kappa shape index (κ3) is 2.70. The van der Waals surface area contributed by atoms with Gasteiger partial charge in [-0.05, 0) is 26.2 Å². The van der Waals surface area contributed by atoms with E-state index in [-0.39, 0.29) is 5.54 Å². The molecular weight excluding hydrogens is 284 g/mol. The van der Waals surface area contributed by atoms with Gasteiger partial charge in [0.1, 0.15) is 11.3 Å². The molecule has 0 aliphatic carbocycles. The van der Waals surface area contributed by atoms with Crippen LogP contribution in [0.1, 0.15) is 58.5 Å². The zero-order valence-electron chi connectivity index (χ0n) is 13.9. The molecule has 118 valence electrons. The minimum absolute atomic E-state index is 0.0629. The van der Waals surface area contributed by atoms with E-state index in [1.54, 1.807) is 0 Å². The molecule has 0 bridgehead atoms. The molecule has 0 fully saturated rings. The fraction of sp³-hybridized carbons (Fsp3) is 0.750. The lowest BCUT2D eigenvalue weighted by molar-refractivity contribution is 0.290. The summed E-state index contributed by atoms with van der Waals surface area (Å²) in [5.74, 6) is 1.69. The Balaban J connectivity index is 2.73. The number of aromatic nitrogens is 4. The molecule has 0 saturated heterocycles. The number of hydrogen-bond donors (Lipinski definition) is 0. The van der Waals surface area contributed by atoms with E-state index in [1.165, 1.54) is 0 Å². The second kappa shape index (κ2) is 6.39. The number of aryl methyl sites for hydroxylation is 3. The van der Waals surface area contributed by atoms with Crippen molar-refractivity contribution >= 4 is 22.8 Å². The number of fused-ring (bicyclic) bond motifs is 1. The van der Waals surface area contributed by atoms with Gasteiger partial charge in [-0.1, -0.05) is 27.2 Å². The van der Waals surface area contributed by atoms with Crippen LogP contribution < -0.4 is 0 Å². The van der Waals surface area contributed by atoms with E-state index in [1.807, 2.05) is 11.7 Å². The fourth-order valence-electron chi connectivity index (χ4n) is 3.02. The highest BCUT2D eigenvalue weighted by Gasteiger charge is 2.30. The second-order valence-corrected chi connectivity index (χ2v) is 6.38. The van der Waals surface area contributed by atoms with Gasteiger partial charge in [0.25, 0.3) is 0 Å². The van der Waals surface area contributed by atoms with Gasteiger partial charge in [0, 0.05) is 24.9 Å². The van der Waals surface area contributed by atoms with E-state index >= 15 is 0 Å². The third-order valence-corrected chi connectivity index (χ3v) is 4.83. The molecule has 0 N–H and O–H groups in total. The van der Waals surface area contributed by atoms with Gasteiger partial charge in [-0.25, -0.2) is 4.98 Å². The zero-order valence-corrected chi connectivity index (χ0v) is 14.7. The monoisotopic (exact) mass is 310 g/mol. The molecule has 0 radical (unpaired) electrons. The molecule has 0 aromatic carbocycles. The van der Waals surface area contributed by atoms with E-state index in [9.17, 15) is 0 Å². The minimum atomic E-state index is 0.0629. The van der Waals surface area contributed by atoms with Gasteiger partial charge in [0.15, 0.2) is 5.65 Å². The Kier molecular flexibility index (Phi) is 4.97. The van der Waals surface area contributed by atoms with Crippen molar-refractivity contribution in [3.05, 3.63) is 11.5 Å². The number of imidazole rings is 1. The van der Waals surface area contributed by atoms with Crippen LogP contribution in [0.5, 0.6) is 0 Å². The van der Waals surface area contributed by atoms with Gasteiger partial charge >= 0.3 is 0 Å². The van der Waals surface area contributed by atoms with Crippen molar-refractivity contribution < 1.29 is 0 Å². The summed E-state index contributed by atoms with van der Waals surface area (Å²) in [7, 11) is 2.02. The molecule has 2 rings (SSSR count). The van der Waals surface area contributed by atoms with Crippen molar-refractivity contribution in [2.75, 3.05) is 5.88 Å². The van der Waals surface area contributed by atoms with Crippen LogP contribution in [0.4, 0.5) is 0 Å². The maximum atomic E-state index is 6.00. The van der Waals surface area contributed by atoms with Crippen molar-refractivity contribution in [3.8, 4) is 0 Å². The summed E-state index contributed by atoms with van der Waals surface area (Å²) >= 11 is 6.00. The van der Waals surface area contributed by atoms with Crippen molar-refractivity contribution in [2.45, 2.75) is 65.3 Å². The molecule has 21 heavy (non-hydrogen) atoms. The number of rotatable bonds is 7. The summed E-state index contributed by atoms with van der Waals surface area (Å²) < 4.78 is 4.38. The standard InChI is InChI=1S/C16H27ClN4/c1-6-9-12-14-15(20(5)19-12)21(13(18-14)10-11-17)16(4,7-2)8-3/h6-11H2,1-5H3. The van der Waals surface area contributed by atoms with E-state index < -0.39 is 0 Å². The van der Waals surface area contributed by atoms with Crippen LogP contribution in [0.15, 0.2) is 0 Å². The second-order valence-electron chi connectivity index (χ2n) is 6.00. The van der Waals surface area contributed by atoms with Crippen LogP contribution in [0.25, 0.3) is 11.2 Å². The quantitative estimate of drug-likeness (QED) is 0.724. The predicted octanol–water partition coefficient (Wildman–Crippen LogP) is 4.04. The molecule has 2 heterocycles. The van der Waals surface area contributed by atoms with E-state index in [0.717, 1.165) is 54.8 Å². The molecule has 5 heteroatoms. The normalized spacial score (nSPS) is 12.5. The summed E-state index contributed by atoms with van der Waals surface area (Å²) in [5.41, 5.74) is 3.38. The zero-order chi connectivity index (χ0) is 15.6. The van der Waals surface area contributed by atoms with Crippen molar-refractivity contribution in [2.24, 2.45) is 7.05 Å². The topological polar surface area (TPSA) is 35.6 Å². The Morgan fingerprint density at radius 1 is 1.14 bits per heavy atom. The molecule has 2 aromatic heterocycles. The molecular formula is C16H27ClN4. The van der Waals surface area contributed by atoms with Crippen molar-refractivity contribution in [1.29, 1.82) is 0 Å². The smallest absolute Gasteiger partial charge is 0.159 e. The average molecular weight is 311 g/mol. The minimum Gasteiger partial charge on any atom is -0.307 e. The first-order valence-corrected chi connectivity index (χ1v) is 8.55. The van der Waals surface area contributed by atoms with Gasteiger partial charge in [0.2, 0.25) is 0 Å². The van der Waals surface area contributed by atoms with Gasteiger partial charge in [-0.3, -0.25) is 4.68 Å². The molecule has 0 atom stereocenters. The van der Waals surface area contributed by atoms with Crippen LogP contribution >= 0.6 is 11.6 Å². The fourth-order valence-corrected chi connectivity index (χ4v) is 3.18. The average Bonchev–Trinajstić information content (AvgIpc) is 2.98. The summed E-state index contributed by atoms with van der Waals surface area (Å²) in [4.78, 5) is 4.90. The number of halogens is 1. The van der Waals surface area contributed by atoms with Crippen LogP contribution in [-0.2, 0) is 25.4 Å². The summed E-state index contributed by atoms with van der Waals surface area (Å²) in [6.45, 7) is 8.96. The summed E-state index contributed by atoms with van der Waals surface area (Å²) in [6.07, 6.45) is 5.00. The summed E-state index contributed by atoms with van der Waals surface area (Å²) in [5, 5.41) is 4.68. The molecule has 0 unspecified atom stereocenters. The van der Waals surface area contributed by atoms with Crippen LogP contribution in [0, 0.1) is 0 Å². The number of hydrogen-bond acceptors (Lipinski definition) is 2. The SMILES string of the molecule is CCCc1nn(C)c2c1nc(CCCl)n2C(C)(CC)CC. The van der Waals surface area contributed by atoms with E-state index in [2.05, 4.69) is 37.4 Å². The molecule has 0 spiro atoms. The van der Waals surface area contributed by atoms with Gasteiger partial charge in [-0.15, -0.1) is 11.6 Å². The Bertz CT molecular complexity index is 607. The Morgan fingerprint density at radius 3 is 2.33 bits per heavy atom. The Hall–Kier alpha value is -1.03. The van der Waals surface area contributed by atoms with Gasteiger partial charge in [-0.2, -0.15) is 5.10 Å². The number of nitrogens with zero attached hydrogens (tertiary/aromatic N) is 4. The first kappa shape index (κ1) is 16.3. The van der Waals surface area contributed by atoms with E-state index in [0.29, 0.717) is 5.88 Å². The molecule has 2 aromatic rings. The van der Waals surface area contributed by atoms with Gasteiger partial charge < -0.3 is 4.57 Å². The maximum Gasteiger partial charge on any atom is 0.159 e. The molecule has 0 aliphatic heterocycles. The maximum absolute atomic E-state index is 6.00. The van der Waals surface area contributed by atoms with Crippen LogP contribution in [0.2, 0.25) is 0 Å². The molecule has 4 nitrogen and oxygen atoms in total. The first-order valence-electron chi connectivity index (χ1n) is 8.02. The lowest BCUT2D eigenvalue weighted by atomic mass is 9.95. The predicted molar refractivity (Wildman–Crippen MR) is 89.1 cm³/mol. The van der Waals surface area contributed by atoms with Crippen molar-refractivity contribution in [1.82, 2.24) is 19.3 Å². The molecule has 0 aliphatic rings. The molecule has 0 saturated carbocycles. The first-order chi connectivity index (χ1) is 10.0. The highest BCUT2D eigenvalue weighted by Crippen LogP contribution is 2.32. The Morgan fingerprint density at radius 2 is 1.81 bits per heavy atom. The number of alkyl halides is 1. The van der Waals surface area contributed by atoms with Gasteiger partial charge in [0.05, 0.1) is 5.69 Å². The van der Waals surface area contributed by atoms with Crippen LogP contribution in [-0.4, -0.2) is 25.2 Å². The van der Waals surface area contributed by atoms with Crippen LogP contribution in [0.3, 0.4) is 0 Å². The van der Waals surface area contributed by atoms with E-state index in [4.69, 9.17) is 16.6 Å². The third-order valence-electron chi connectivity index (χ3n) is 4.64. The lowest BCUT2D eigenvalue weighted by Crippen LogP contribution is -2.31. The highest BCUT2D eigenvalue weighted by atomic mass is 35.5.